The molecule has 2 unspecified atom stereocenters. The first-order valence-corrected chi connectivity index (χ1v) is 12.5. The summed E-state index contributed by atoms with van der Waals surface area (Å²) >= 11 is 1.25. The van der Waals surface area contributed by atoms with E-state index >= 15 is 0 Å². The van der Waals surface area contributed by atoms with Gasteiger partial charge in [-0.1, -0.05) is 6.92 Å². The lowest BCUT2D eigenvalue weighted by Gasteiger charge is -2.33. The Labute approximate surface area is 192 Å². The Bertz CT molecular complexity index is 1060. The van der Waals surface area contributed by atoms with Gasteiger partial charge in [0.25, 0.3) is 11.5 Å². The van der Waals surface area contributed by atoms with Crippen molar-refractivity contribution >= 4 is 33.4 Å². The van der Waals surface area contributed by atoms with Crippen molar-refractivity contribution in [1.29, 1.82) is 0 Å². The molecule has 32 heavy (non-hydrogen) atoms. The van der Waals surface area contributed by atoms with E-state index in [4.69, 9.17) is 0 Å². The van der Waals surface area contributed by atoms with Crippen LogP contribution in [-0.2, 0) is 11.3 Å². The average Bonchev–Trinajstić information content (AvgIpc) is 3.38. The van der Waals surface area contributed by atoms with Crippen molar-refractivity contribution in [3.8, 4) is 0 Å². The quantitative estimate of drug-likeness (QED) is 0.717. The van der Waals surface area contributed by atoms with Crippen molar-refractivity contribution in [3.63, 3.8) is 0 Å². The number of aryl methyl sites for hydroxylation is 1. The average molecular weight is 460 g/mol. The van der Waals surface area contributed by atoms with E-state index in [0.29, 0.717) is 33.2 Å². The van der Waals surface area contributed by atoms with Crippen molar-refractivity contribution in [3.05, 3.63) is 27.1 Å². The van der Waals surface area contributed by atoms with Crippen LogP contribution in [0, 0.1) is 6.92 Å². The van der Waals surface area contributed by atoms with Crippen LogP contribution in [0.5, 0.6) is 0 Å². The molecule has 0 saturated carbocycles. The van der Waals surface area contributed by atoms with E-state index < -0.39 is 0 Å². The van der Waals surface area contributed by atoms with E-state index in [-0.39, 0.29) is 30.0 Å². The number of aromatic nitrogens is 2. The molecule has 2 aromatic heterocycles. The van der Waals surface area contributed by atoms with Crippen LogP contribution in [0.25, 0.3) is 10.2 Å². The first kappa shape index (κ1) is 22.9. The van der Waals surface area contributed by atoms with E-state index in [1.165, 1.54) is 22.2 Å². The van der Waals surface area contributed by atoms with Crippen molar-refractivity contribution in [2.45, 2.75) is 71.5 Å². The second-order valence-electron chi connectivity index (χ2n) is 8.98. The third kappa shape index (κ3) is 4.45. The third-order valence-electron chi connectivity index (χ3n) is 6.96. The highest BCUT2D eigenvalue weighted by Crippen LogP contribution is 2.27. The van der Waals surface area contributed by atoms with Gasteiger partial charge in [0.05, 0.1) is 16.6 Å². The van der Waals surface area contributed by atoms with Crippen LogP contribution in [0.15, 0.2) is 11.1 Å². The molecule has 8 nitrogen and oxygen atoms in total. The maximum atomic E-state index is 13.2. The minimum atomic E-state index is -0.256. The number of amides is 2. The minimum Gasteiger partial charge on any atom is -0.350 e. The maximum absolute atomic E-state index is 13.2. The second kappa shape index (κ2) is 9.70. The Balaban J connectivity index is 1.51. The molecule has 4 rings (SSSR count). The number of carbonyl (C=O) groups is 2. The van der Waals surface area contributed by atoms with Gasteiger partial charge in [-0.2, -0.15) is 0 Å². The van der Waals surface area contributed by atoms with E-state index in [1.807, 2.05) is 4.90 Å². The predicted molar refractivity (Wildman–Crippen MR) is 126 cm³/mol. The number of piperidine rings is 1. The third-order valence-corrected chi connectivity index (χ3v) is 8.15. The van der Waals surface area contributed by atoms with Crippen molar-refractivity contribution in [2.75, 3.05) is 26.2 Å². The lowest BCUT2D eigenvalue weighted by Crippen LogP contribution is -2.44. The van der Waals surface area contributed by atoms with Gasteiger partial charge in [0.15, 0.2) is 0 Å². The number of hydrogen-bond donors (Lipinski definition) is 1. The number of thiophene rings is 1. The molecule has 2 aliphatic heterocycles. The number of carbonyl (C=O) groups excluding carboxylic acids is 2. The van der Waals surface area contributed by atoms with Gasteiger partial charge < -0.3 is 10.2 Å². The van der Waals surface area contributed by atoms with Crippen LogP contribution < -0.4 is 10.9 Å². The van der Waals surface area contributed by atoms with Crippen LogP contribution in [0.1, 0.15) is 61.2 Å². The van der Waals surface area contributed by atoms with E-state index in [2.05, 4.69) is 29.0 Å². The summed E-state index contributed by atoms with van der Waals surface area (Å²) in [5, 5.41) is 3.50. The number of hydrogen-bond acceptors (Lipinski definition) is 6. The van der Waals surface area contributed by atoms with E-state index in [1.54, 1.807) is 6.92 Å². The van der Waals surface area contributed by atoms with Gasteiger partial charge in [-0.3, -0.25) is 23.9 Å². The minimum absolute atomic E-state index is 0.0164. The fourth-order valence-electron chi connectivity index (χ4n) is 5.03. The molecule has 0 bridgehead atoms. The normalized spacial score (nSPS) is 21.9. The highest BCUT2D eigenvalue weighted by molar-refractivity contribution is 7.20. The van der Waals surface area contributed by atoms with Crippen LogP contribution in [0.4, 0.5) is 0 Å². The lowest BCUT2D eigenvalue weighted by atomic mass is 10.0. The number of likely N-dealkylation sites (tertiary alicyclic amines) is 2. The number of nitrogens with zero attached hydrogens (tertiary/aromatic N) is 4. The zero-order valence-electron chi connectivity index (χ0n) is 19.2. The highest BCUT2D eigenvalue weighted by atomic mass is 32.1. The standard InChI is InChI=1S/C23H33N5O3S/c1-4-26-10-7-9-17(26)12-24-21(30)20-16(3)19-22(32-20)25-14-27(23(19)31)13-18(29)28-11-6-5-8-15(28)2/h14-15,17H,4-13H2,1-3H3,(H,24,30). The summed E-state index contributed by atoms with van der Waals surface area (Å²) in [7, 11) is 0. The van der Waals surface area contributed by atoms with E-state index in [9.17, 15) is 14.4 Å². The van der Waals surface area contributed by atoms with Crippen molar-refractivity contribution in [2.24, 2.45) is 0 Å². The highest BCUT2D eigenvalue weighted by Gasteiger charge is 2.26. The molecular formula is C23H33N5O3S. The van der Waals surface area contributed by atoms with Gasteiger partial charge in [0.2, 0.25) is 5.91 Å². The fourth-order valence-corrected chi connectivity index (χ4v) is 6.08. The molecule has 0 aromatic carbocycles. The Morgan fingerprint density at radius 1 is 1.22 bits per heavy atom. The van der Waals surface area contributed by atoms with Gasteiger partial charge in [-0.05, 0) is 64.6 Å². The monoisotopic (exact) mass is 459 g/mol. The molecule has 2 fully saturated rings. The SMILES string of the molecule is CCN1CCCC1CNC(=O)c1sc2ncn(CC(=O)N3CCCCC3C)c(=O)c2c1C. The van der Waals surface area contributed by atoms with Gasteiger partial charge in [-0.15, -0.1) is 11.3 Å². The zero-order chi connectivity index (χ0) is 22.8. The van der Waals surface area contributed by atoms with Gasteiger partial charge in [-0.25, -0.2) is 4.98 Å². The Hall–Kier alpha value is -2.26. The summed E-state index contributed by atoms with van der Waals surface area (Å²) in [5.74, 6) is -0.207. The number of fused-ring (bicyclic) bond motifs is 1. The molecule has 9 heteroatoms. The molecule has 2 saturated heterocycles. The largest absolute Gasteiger partial charge is 0.350 e. The van der Waals surface area contributed by atoms with Crippen LogP contribution in [0.3, 0.4) is 0 Å². The maximum Gasteiger partial charge on any atom is 0.262 e. The summed E-state index contributed by atoms with van der Waals surface area (Å²) in [6, 6.07) is 0.572. The first-order valence-electron chi connectivity index (χ1n) is 11.7. The van der Waals surface area contributed by atoms with Crippen LogP contribution in [0.2, 0.25) is 0 Å². The van der Waals surface area contributed by atoms with Crippen LogP contribution >= 0.6 is 11.3 Å². The van der Waals surface area contributed by atoms with Gasteiger partial charge in [0, 0.05) is 25.2 Å². The van der Waals surface area contributed by atoms with Crippen molar-refractivity contribution in [1.82, 2.24) is 24.7 Å². The molecule has 0 aliphatic carbocycles. The van der Waals surface area contributed by atoms with Crippen molar-refractivity contribution < 1.29 is 9.59 Å². The first-order chi connectivity index (χ1) is 15.4. The summed E-state index contributed by atoms with van der Waals surface area (Å²) < 4.78 is 1.38. The van der Waals surface area contributed by atoms with Gasteiger partial charge in [0.1, 0.15) is 11.4 Å². The Morgan fingerprint density at radius 3 is 2.78 bits per heavy atom. The molecule has 2 atom stereocenters. The molecule has 2 aliphatic rings. The molecule has 4 heterocycles. The molecule has 2 aromatic rings. The van der Waals surface area contributed by atoms with Crippen LogP contribution in [-0.4, -0.2) is 69.4 Å². The Kier molecular flexibility index (Phi) is 6.95. The van der Waals surface area contributed by atoms with E-state index in [0.717, 1.165) is 51.7 Å². The molecule has 1 N–H and O–H groups in total. The number of likely N-dealkylation sites (N-methyl/N-ethyl adjacent to an activating group) is 1. The smallest absolute Gasteiger partial charge is 0.262 e. The number of nitrogens with one attached hydrogen (secondary N) is 1. The van der Waals surface area contributed by atoms with Gasteiger partial charge >= 0.3 is 0 Å². The summed E-state index contributed by atoms with van der Waals surface area (Å²) in [6.45, 7) is 9.40. The topological polar surface area (TPSA) is 87.5 Å². The summed E-state index contributed by atoms with van der Waals surface area (Å²) in [6.07, 6.45) is 6.82. The molecular weight excluding hydrogens is 426 g/mol. The molecule has 2 amide bonds. The summed E-state index contributed by atoms with van der Waals surface area (Å²) in [5.41, 5.74) is 0.390. The number of rotatable bonds is 6. The molecule has 0 radical (unpaired) electrons. The summed E-state index contributed by atoms with van der Waals surface area (Å²) in [4.78, 5) is 48.6. The molecule has 0 spiro atoms. The lowest BCUT2D eigenvalue weighted by molar-refractivity contribution is -0.135. The fraction of sp³-hybridized carbons (Fsp3) is 0.652. The predicted octanol–water partition coefficient (Wildman–Crippen LogP) is 2.38. The second-order valence-corrected chi connectivity index (χ2v) is 9.98. The Morgan fingerprint density at radius 2 is 2.03 bits per heavy atom. The zero-order valence-corrected chi connectivity index (χ0v) is 20.0. The molecule has 174 valence electrons.